The summed E-state index contributed by atoms with van der Waals surface area (Å²) < 4.78 is 0. The van der Waals surface area contributed by atoms with Crippen molar-refractivity contribution in [3.05, 3.63) is 36.3 Å². The van der Waals surface area contributed by atoms with Crippen LogP contribution < -0.4 is 5.32 Å². The fraction of sp³-hybridized carbons (Fsp3) is 0. The number of aliphatic imine (C=N–C) groups is 1. The van der Waals surface area contributed by atoms with Crippen molar-refractivity contribution in [3.63, 3.8) is 0 Å². The lowest BCUT2D eigenvalue weighted by molar-refractivity contribution is 1.09. The van der Waals surface area contributed by atoms with E-state index in [1.165, 1.54) is 0 Å². The molecule has 1 aliphatic heterocycles. The molecule has 1 rings (SSSR count). The quantitative estimate of drug-likeness (QED) is 0.516. The van der Waals surface area contributed by atoms with Crippen LogP contribution in [0.4, 0.5) is 0 Å². The first-order chi connectivity index (χ1) is 4.43. The number of hydrogen-bond acceptors (Lipinski definition) is 2. The Hall–Kier alpha value is -1.31. The number of dihydropyridines is 1. The molecule has 0 saturated carbocycles. The summed E-state index contributed by atoms with van der Waals surface area (Å²) in [6, 6.07) is 0. The van der Waals surface area contributed by atoms with Crippen molar-refractivity contribution in [2.24, 2.45) is 4.99 Å². The standard InChI is InChI=1S/C7H8N2/c1-8-6-7-4-2-3-5-9-7/h2-6,9H,1H2/b7-6-. The number of nitrogens with zero attached hydrogens (tertiary/aromatic N) is 1. The summed E-state index contributed by atoms with van der Waals surface area (Å²) in [6.07, 6.45) is 9.29. The lowest BCUT2D eigenvalue weighted by atomic mass is 10.3. The van der Waals surface area contributed by atoms with Gasteiger partial charge in [0.25, 0.3) is 0 Å². The van der Waals surface area contributed by atoms with Crippen LogP contribution in [-0.4, -0.2) is 6.72 Å². The summed E-state index contributed by atoms with van der Waals surface area (Å²) in [5, 5.41) is 2.98. The maximum absolute atomic E-state index is 3.60. The third-order valence-electron chi connectivity index (χ3n) is 0.963. The highest BCUT2D eigenvalue weighted by atomic mass is 14.9. The van der Waals surface area contributed by atoms with Gasteiger partial charge in [-0.15, -0.1) is 0 Å². The molecule has 1 heterocycles. The predicted octanol–water partition coefficient (Wildman–Crippen LogP) is 1.20. The monoisotopic (exact) mass is 120 g/mol. The molecule has 0 aromatic rings. The Morgan fingerprint density at radius 2 is 2.44 bits per heavy atom. The SMILES string of the molecule is C=N/C=C1/C=CC=CN1. The molecule has 0 aromatic carbocycles. The molecular formula is C7H8N2. The second-order valence-corrected chi connectivity index (χ2v) is 1.63. The van der Waals surface area contributed by atoms with E-state index in [0.717, 1.165) is 5.70 Å². The van der Waals surface area contributed by atoms with Crippen LogP contribution in [0.5, 0.6) is 0 Å². The van der Waals surface area contributed by atoms with Gasteiger partial charge in [-0.1, -0.05) is 6.08 Å². The van der Waals surface area contributed by atoms with Crippen LogP contribution in [0.3, 0.4) is 0 Å². The van der Waals surface area contributed by atoms with E-state index in [4.69, 9.17) is 0 Å². The lowest BCUT2D eigenvalue weighted by Crippen LogP contribution is -2.03. The van der Waals surface area contributed by atoms with Gasteiger partial charge in [-0.2, -0.15) is 0 Å². The second-order valence-electron chi connectivity index (χ2n) is 1.63. The van der Waals surface area contributed by atoms with Gasteiger partial charge in [-0.3, -0.25) is 4.99 Å². The highest BCUT2D eigenvalue weighted by molar-refractivity contribution is 5.31. The summed E-state index contributed by atoms with van der Waals surface area (Å²) in [5.41, 5.74) is 0.965. The molecule has 0 radical (unpaired) electrons. The van der Waals surface area contributed by atoms with Gasteiger partial charge < -0.3 is 5.32 Å². The first-order valence-electron chi connectivity index (χ1n) is 2.69. The molecule has 2 nitrogen and oxygen atoms in total. The largest absolute Gasteiger partial charge is 0.360 e. The maximum atomic E-state index is 3.60. The van der Waals surface area contributed by atoms with Gasteiger partial charge in [0, 0.05) is 12.4 Å². The van der Waals surface area contributed by atoms with Gasteiger partial charge in [0.2, 0.25) is 0 Å². The van der Waals surface area contributed by atoms with Crippen LogP contribution >= 0.6 is 0 Å². The molecule has 0 aliphatic carbocycles. The average molecular weight is 120 g/mol. The van der Waals surface area contributed by atoms with Crippen LogP contribution in [0, 0.1) is 0 Å². The van der Waals surface area contributed by atoms with Gasteiger partial charge in [0.05, 0.1) is 5.70 Å². The van der Waals surface area contributed by atoms with Crippen molar-refractivity contribution in [3.8, 4) is 0 Å². The Bertz CT molecular complexity index is 187. The van der Waals surface area contributed by atoms with E-state index in [9.17, 15) is 0 Å². The molecule has 0 atom stereocenters. The van der Waals surface area contributed by atoms with Crippen molar-refractivity contribution in [2.75, 3.05) is 0 Å². The van der Waals surface area contributed by atoms with Crippen LogP contribution in [-0.2, 0) is 0 Å². The van der Waals surface area contributed by atoms with E-state index in [0.29, 0.717) is 0 Å². The minimum atomic E-state index is 0.965. The zero-order valence-electron chi connectivity index (χ0n) is 5.04. The van der Waals surface area contributed by atoms with Crippen molar-refractivity contribution in [1.82, 2.24) is 5.32 Å². The summed E-state index contributed by atoms with van der Waals surface area (Å²) in [5.74, 6) is 0. The van der Waals surface area contributed by atoms with Gasteiger partial charge in [0.1, 0.15) is 0 Å². The normalized spacial score (nSPS) is 19.8. The summed E-state index contributed by atoms with van der Waals surface area (Å²) in [7, 11) is 0. The number of rotatable bonds is 1. The van der Waals surface area contributed by atoms with Crippen molar-refractivity contribution >= 4 is 6.72 Å². The summed E-state index contributed by atoms with van der Waals surface area (Å²) in [4.78, 5) is 3.60. The fourth-order valence-electron chi connectivity index (χ4n) is 0.586. The molecule has 9 heavy (non-hydrogen) atoms. The molecule has 1 aliphatic rings. The smallest absolute Gasteiger partial charge is 0.0565 e. The Labute approximate surface area is 54.3 Å². The van der Waals surface area contributed by atoms with Crippen molar-refractivity contribution in [1.29, 1.82) is 0 Å². The van der Waals surface area contributed by atoms with E-state index >= 15 is 0 Å². The number of allylic oxidation sites excluding steroid dienone is 3. The Morgan fingerprint density at radius 3 is 3.00 bits per heavy atom. The zero-order valence-corrected chi connectivity index (χ0v) is 5.04. The zero-order chi connectivity index (χ0) is 6.53. The Balaban J connectivity index is 2.65. The molecule has 1 N–H and O–H groups in total. The highest BCUT2D eigenvalue weighted by Gasteiger charge is 1.87. The van der Waals surface area contributed by atoms with Crippen LogP contribution in [0.1, 0.15) is 0 Å². The average Bonchev–Trinajstić information content (AvgIpc) is 1.91. The van der Waals surface area contributed by atoms with Crippen molar-refractivity contribution < 1.29 is 0 Å². The van der Waals surface area contributed by atoms with Gasteiger partial charge in [0.15, 0.2) is 0 Å². The molecule has 0 bridgehead atoms. The van der Waals surface area contributed by atoms with Crippen LogP contribution in [0.25, 0.3) is 0 Å². The molecular weight excluding hydrogens is 112 g/mol. The second kappa shape index (κ2) is 2.87. The third kappa shape index (κ3) is 1.57. The van der Waals surface area contributed by atoms with E-state index in [1.54, 1.807) is 6.20 Å². The topological polar surface area (TPSA) is 24.4 Å². The van der Waals surface area contributed by atoms with Gasteiger partial charge >= 0.3 is 0 Å². The Morgan fingerprint density at radius 1 is 1.56 bits per heavy atom. The minimum absolute atomic E-state index is 0.965. The first-order valence-corrected chi connectivity index (χ1v) is 2.69. The van der Waals surface area contributed by atoms with E-state index in [-0.39, 0.29) is 0 Å². The summed E-state index contributed by atoms with van der Waals surface area (Å²) in [6.45, 7) is 3.33. The minimum Gasteiger partial charge on any atom is -0.360 e. The Kier molecular flexibility index (Phi) is 1.85. The molecule has 0 spiro atoms. The molecule has 0 fully saturated rings. The molecule has 46 valence electrons. The van der Waals surface area contributed by atoms with Gasteiger partial charge in [-0.25, -0.2) is 0 Å². The van der Waals surface area contributed by atoms with E-state index in [2.05, 4.69) is 17.0 Å². The predicted molar refractivity (Wildman–Crippen MR) is 39.0 cm³/mol. The molecule has 0 unspecified atom stereocenters. The molecule has 0 saturated heterocycles. The van der Waals surface area contributed by atoms with E-state index in [1.807, 2.05) is 24.4 Å². The number of nitrogens with one attached hydrogen (secondary N) is 1. The lowest BCUT2D eigenvalue weighted by Gasteiger charge is -2.01. The van der Waals surface area contributed by atoms with Gasteiger partial charge in [-0.05, 0) is 18.9 Å². The molecule has 0 aromatic heterocycles. The fourth-order valence-corrected chi connectivity index (χ4v) is 0.586. The van der Waals surface area contributed by atoms with Crippen molar-refractivity contribution in [2.45, 2.75) is 0 Å². The van der Waals surface area contributed by atoms with Crippen LogP contribution in [0.2, 0.25) is 0 Å². The summed E-state index contributed by atoms with van der Waals surface area (Å²) >= 11 is 0. The molecule has 2 heteroatoms. The maximum Gasteiger partial charge on any atom is 0.0565 e. The number of hydrogen-bond donors (Lipinski definition) is 1. The van der Waals surface area contributed by atoms with Crippen LogP contribution in [0.15, 0.2) is 41.3 Å². The highest BCUT2D eigenvalue weighted by Crippen LogP contribution is 1.96. The third-order valence-corrected chi connectivity index (χ3v) is 0.963. The molecule has 0 amide bonds. The van der Waals surface area contributed by atoms with E-state index < -0.39 is 0 Å². The first kappa shape index (κ1) is 5.82.